The second-order valence-electron chi connectivity index (χ2n) is 6.65. The summed E-state index contributed by atoms with van der Waals surface area (Å²) in [5.41, 5.74) is 0. The van der Waals surface area contributed by atoms with E-state index in [2.05, 4.69) is 13.8 Å². The van der Waals surface area contributed by atoms with Crippen LogP contribution in [0.1, 0.15) is 78.1 Å². The molecule has 0 N–H and O–H groups in total. The molecule has 0 amide bonds. The van der Waals surface area contributed by atoms with Crippen LogP contribution < -0.4 is 0 Å². The van der Waals surface area contributed by atoms with Gasteiger partial charge in [0.1, 0.15) is 0 Å². The number of hydrogen-bond donors (Lipinski definition) is 0. The second kappa shape index (κ2) is 8.31. The molecule has 0 aromatic rings. The van der Waals surface area contributed by atoms with Crippen molar-refractivity contribution in [3.05, 3.63) is 5.92 Å². The molecule has 2 saturated carbocycles. The molecule has 0 aliphatic heterocycles. The van der Waals surface area contributed by atoms with Crippen LogP contribution in [0.5, 0.6) is 0 Å². The van der Waals surface area contributed by atoms with E-state index in [0.717, 1.165) is 17.8 Å². The first-order valence-electron chi connectivity index (χ1n) is 7.57. The van der Waals surface area contributed by atoms with Crippen LogP contribution in [0.2, 0.25) is 0 Å². The minimum absolute atomic E-state index is 0. The average molecular weight is 310 g/mol. The van der Waals surface area contributed by atoms with Gasteiger partial charge in [-0.05, 0) is 5.92 Å². The number of hydrogen-bond acceptors (Lipinski definition) is 0. The molecule has 3 atom stereocenters. The molecule has 0 spiro atoms. The van der Waals surface area contributed by atoms with Gasteiger partial charge in [0.25, 0.3) is 0 Å². The van der Waals surface area contributed by atoms with Crippen molar-refractivity contribution in [2.45, 2.75) is 78.1 Å². The topological polar surface area (TPSA) is 0 Å². The molecule has 0 saturated heterocycles. The van der Waals surface area contributed by atoms with Crippen molar-refractivity contribution in [3.63, 3.8) is 0 Å². The van der Waals surface area contributed by atoms with Crippen molar-refractivity contribution in [3.8, 4) is 0 Å². The predicted molar refractivity (Wildman–Crippen MR) is 71.2 cm³/mol. The summed E-state index contributed by atoms with van der Waals surface area (Å²) < 4.78 is 0. The Kier molecular flexibility index (Phi) is 7.90. The van der Waals surface area contributed by atoms with Crippen LogP contribution in [0.3, 0.4) is 0 Å². The van der Waals surface area contributed by atoms with Gasteiger partial charge in [-0.15, -0.1) is 0 Å². The van der Waals surface area contributed by atoms with Crippen molar-refractivity contribution < 1.29 is 32.7 Å². The third-order valence-electron chi connectivity index (χ3n) is 4.74. The summed E-state index contributed by atoms with van der Waals surface area (Å²) in [5.74, 6) is 4.94. The maximum Gasteiger partial charge on any atom is 0 e. The first-order valence-corrected chi connectivity index (χ1v) is 7.57. The zero-order valence-electron chi connectivity index (χ0n) is 11.9. The molecule has 2 aliphatic rings. The predicted octanol–water partition coefficient (Wildman–Crippen LogP) is 5.37. The Morgan fingerprint density at radius 2 is 1.71 bits per heavy atom. The summed E-state index contributed by atoms with van der Waals surface area (Å²) in [4.78, 5) is 0. The van der Waals surface area contributed by atoms with Gasteiger partial charge >= 0.3 is 0 Å². The normalized spacial score (nSPS) is 36.0. The Bertz CT molecular complexity index is 202. The molecule has 0 aromatic heterocycles. The second-order valence-corrected chi connectivity index (χ2v) is 6.65. The fourth-order valence-corrected chi connectivity index (χ4v) is 3.90. The van der Waals surface area contributed by atoms with Gasteiger partial charge in [-0.25, -0.2) is 0 Å². The van der Waals surface area contributed by atoms with Crippen LogP contribution in [0.4, 0.5) is 0 Å². The van der Waals surface area contributed by atoms with Crippen molar-refractivity contribution in [2.24, 2.45) is 17.8 Å². The van der Waals surface area contributed by atoms with Gasteiger partial charge in [0, 0.05) is 32.7 Å². The molecule has 1 radical (unpaired) electrons. The van der Waals surface area contributed by atoms with E-state index in [1.54, 1.807) is 0 Å². The zero-order valence-corrected chi connectivity index (χ0v) is 14.7. The maximum atomic E-state index is 2.45. The third kappa shape index (κ3) is 5.73. The molecule has 1 heteroatoms. The monoisotopic (exact) mass is 310 g/mol. The third-order valence-corrected chi connectivity index (χ3v) is 4.74. The standard InChI is InChI=1S/C16H29.Y/c1-13-6-3-4-8-15(10-13)12-16-9-5-7-14(2)11-16;/h13-14,16H,3-12H2,1-2H3;/q-1;. The van der Waals surface area contributed by atoms with E-state index in [4.69, 9.17) is 0 Å². The Morgan fingerprint density at radius 1 is 0.941 bits per heavy atom. The molecule has 0 bridgehead atoms. The van der Waals surface area contributed by atoms with Crippen LogP contribution >= 0.6 is 0 Å². The van der Waals surface area contributed by atoms with E-state index in [1.165, 1.54) is 64.2 Å². The summed E-state index contributed by atoms with van der Waals surface area (Å²) in [6.45, 7) is 4.90. The molecule has 0 nitrogen and oxygen atoms in total. The van der Waals surface area contributed by atoms with Gasteiger partial charge in [0.15, 0.2) is 0 Å². The van der Waals surface area contributed by atoms with Crippen LogP contribution in [0.15, 0.2) is 0 Å². The smallest absolute Gasteiger partial charge is 0 e. The van der Waals surface area contributed by atoms with Crippen molar-refractivity contribution in [1.29, 1.82) is 0 Å². The van der Waals surface area contributed by atoms with Gasteiger partial charge in [0.2, 0.25) is 0 Å². The largest absolute Gasteiger partial charge is 0.313 e. The van der Waals surface area contributed by atoms with E-state index in [9.17, 15) is 0 Å². The van der Waals surface area contributed by atoms with Crippen LogP contribution in [0.25, 0.3) is 0 Å². The molecular formula is C16H29Y-. The van der Waals surface area contributed by atoms with E-state index in [0.29, 0.717) is 0 Å². The van der Waals surface area contributed by atoms with Gasteiger partial charge in [0.05, 0.1) is 0 Å². The van der Waals surface area contributed by atoms with Crippen LogP contribution in [-0.2, 0) is 32.7 Å². The van der Waals surface area contributed by atoms with Gasteiger partial charge < -0.3 is 5.92 Å². The summed E-state index contributed by atoms with van der Waals surface area (Å²) in [5, 5.41) is 0. The summed E-state index contributed by atoms with van der Waals surface area (Å²) >= 11 is 0. The summed E-state index contributed by atoms with van der Waals surface area (Å²) in [6.07, 6.45) is 14.8. The van der Waals surface area contributed by atoms with E-state index in [-0.39, 0.29) is 32.7 Å². The molecule has 2 fully saturated rings. The van der Waals surface area contributed by atoms with Gasteiger partial charge in [-0.2, -0.15) is 19.3 Å². The van der Waals surface area contributed by atoms with Gasteiger partial charge in [-0.1, -0.05) is 70.6 Å². The zero-order chi connectivity index (χ0) is 11.4. The first kappa shape index (κ1) is 16.2. The SMILES string of the molecule is CC1CCCC[C-](CC2CCCC(C)C2)C1.[Y]. The minimum Gasteiger partial charge on any atom is -0.313 e. The van der Waals surface area contributed by atoms with E-state index < -0.39 is 0 Å². The van der Waals surface area contributed by atoms with Crippen molar-refractivity contribution in [2.75, 3.05) is 0 Å². The van der Waals surface area contributed by atoms with Gasteiger partial charge in [-0.3, -0.25) is 0 Å². The Morgan fingerprint density at radius 3 is 2.47 bits per heavy atom. The summed E-state index contributed by atoms with van der Waals surface area (Å²) in [7, 11) is 0. The number of rotatable bonds is 2. The quantitative estimate of drug-likeness (QED) is 0.475. The molecular weight excluding hydrogens is 281 g/mol. The van der Waals surface area contributed by atoms with Crippen molar-refractivity contribution >= 4 is 0 Å². The maximum absolute atomic E-state index is 2.45. The summed E-state index contributed by atoms with van der Waals surface area (Å²) in [6, 6.07) is 0. The minimum atomic E-state index is 0. The van der Waals surface area contributed by atoms with Crippen LogP contribution in [-0.4, -0.2) is 0 Å². The van der Waals surface area contributed by atoms with E-state index >= 15 is 0 Å². The molecule has 0 heterocycles. The fraction of sp³-hybridized carbons (Fsp3) is 0.938. The Balaban J connectivity index is 0.00000144. The molecule has 2 rings (SSSR count). The molecule has 97 valence electrons. The molecule has 3 unspecified atom stereocenters. The van der Waals surface area contributed by atoms with Crippen LogP contribution in [0, 0.1) is 23.7 Å². The Labute approximate surface area is 134 Å². The fourth-order valence-electron chi connectivity index (χ4n) is 3.90. The first-order chi connectivity index (χ1) is 7.74. The Hall–Kier alpha value is 1.10. The molecule has 17 heavy (non-hydrogen) atoms. The molecule has 0 aromatic carbocycles. The average Bonchev–Trinajstić information content (AvgIpc) is 2.43. The van der Waals surface area contributed by atoms with E-state index in [1.807, 2.05) is 5.92 Å². The van der Waals surface area contributed by atoms with Crippen molar-refractivity contribution in [1.82, 2.24) is 0 Å². The molecule has 2 aliphatic carbocycles.